The van der Waals surface area contributed by atoms with Crippen LogP contribution >= 0.6 is 11.6 Å². The van der Waals surface area contributed by atoms with E-state index in [1.54, 1.807) is 0 Å². The fourth-order valence-corrected chi connectivity index (χ4v) is 1.26. The van der Waals surface area contributed by atoms with E-state index in [2.05, 4.69) is 10.3 Å². The average molecular weight is 216 g/mol. The highest BCUT2D eigenvalue weighted by molar-refractivity contribution is 6.32. The Hall–Kier alpha value is -1.36. The van der Waals surface area contributed by atoms with Gasteiger partial charge in [-0.05, 0) is 19.9 Å². The maximum atomic E-state index is 10.7. The number of nitrogens with zero attached hydrogens (tertiary/aromatic N) is 2. The van der Waals surface area contributed by atoms with E-state index in [4.69, 9.17) is 11.6 Å². The Morgan fingerprint density at radius 3 is 2.79 bits per heavy atom. The highest BCUT2D eigenvalue weighted by Gasteiger charge is 2.19. The van der Waals surface area contributed by atoms with Crippen LogP contribution in [-0.4, -0.2) is 15.9 Å². The standard InChI is InChI=1S/C8H10ClN3O2/c1-5(2)11-6-3-4-10-8(9)7(6)12(13)14/h3-5H,1-2H3,(H,10,11). The molecule has 0 amide bonds. The van der Waals surface area contributed by atoms with Gasteiger partial charge in [0.2, 0.25) is 5.15 Å². The zero-order valence-corrected chi connectivity index (χ0v) is 8.58. The minimum Gasteiger partial charge on any atom is -0.377 e. The molecule has 0 unspecified atom stereocenters. The molecule has 0 spiro atoms. The maximum absolute atomic E-state index is 10.7. The summed E-state index contributed by atoms with van der Waals surface area (Å²) in [7, 11) is 0. The van der Waals surface area contributed by atoms with Crippen molar-refractivity contribution < 1.29 is 4.92 Å². The average Bonchev–Trinajstić information content (AvgIpc) is 2.01. The molecule has 0 aliphatic carbocycles. The monoisotopic (exact) mass is 215 g/mol. The van der Waals surface area contributed by atoms with Crippen molar-refractivity contribution in [3.05, 3.63) is 27.5 Å². The molecule has 1 aromatic rings. The summed E-state index contributed by atoms with van der Waals surface area (Å²) in [4.78, 5) is 13.8. The molecule has 0 aliphatic rings. The van der Waals surface area contributed by atoms with Gasteiger partial charge in [0.05, 0.1) is 4.92 Å². The van der Waals surface area contributed by atoms with Gasteiger partial charge in [-0.1, -0.05) is 11.6 Å². The number of nitro groups is 1. The fraction of sp³-hybridized carbons (Fsp3) is 0.375. The van der Waals surface area contributed by atoms with Crippen molar-refractivity contribution in [3.8, 4) is 0 Å². The minimum atomic E-state index is -0.542. The highest BCUT2D eigenvalue weighted by atomic mass is 35.5. The number of rotatable bonds is 3. The molecule has 1 aromatic heterocycles. The lowest BCUT2D eigenvalue weighted by Gasteiger charge is -2.09. The molecule has 6 heteroatoms. The number of hydrogen-bond acceptors (Lipinski definition) is 4. The summed E-state index contributed by atoms with van der Waals surface area (Å²) in [5.41, 5.74) is 0.216. The first-order valence-corrected chi connectivity index (χ1v) is 4.45. The van der Waals surface area contributed by atoms with Crippen molar-refractivity contribution in [3.63, 3.8) is 0 Å². The molecule has 76 valence electrons. The van der Waals surface area contributed by atoms with Crippen LogP contribution in [0.5, 0.6) is 0 Å². The predicted molar refractivity (Wildman–Crippen MR) is 54.7 cm³/mol. The molecule has 0 fully saturated rings. The Kier molecular flexibility index (Phi) is 3.24. The predicted octanol–water partition coefficient (Wildman–Crippen LogP) is 2.46. The number of pyridine rings is 1. The van der Waals surface area contributed by atoms with E-state index in [1.165, 1.54) is 12.3 Å². The lowest BCUT2D eigenvalue weighted by molar-refractivity contribution is -0.384. The molecule has 0 saturated heterocycles. The van der Waals surface area contributed by atoms with E-state index in [1.807, 2.05) is 13.8 Å². The second kappa shape index (κ2) is 4.23. The summed E-state index contributed by atoms with van der Waals surface area (Å²) >= 11 is 5.62. The van der Waals surface area contributed by atoms with E-state index in [-0.39, 0.29) is 16.9 Å². The Labute approximate surface area is 86.3 Å². The van der Waals surface area contributed by atoms with Crippen LogP contribution in [0.2, 0.25) is 5.15 Å². The molecule has 0 atom stereocenters. The van der Waals surface area contributed by atoms with Crippen molar-refractivity contribution >= 4 is 23.0 Å². The Balaban J connectivity index is 3.14. The first-order valence-electron chi connectivity index (χ1n) is 4.07. The zero-order valence-electron chi connectivity index (χ0n) is 7.82. The third kappa shape index (κ3) is 2.32. The third-order valence-corrected chi connectivity index (χ3v) is 1.78. The summed E-state index contributed by atoms with van der Waals surface area (Å²) in [6, 6.07) is 1.64. The molecule has 1 rings (SSSR count). The van der Waals surface area contributed by atoms with E-state index in [9.17, 15) is 10.1 Å². The van der Waals surface area contributed by atoms with Gasteiger partial charge in [0.25, 0.3) is 0 Å². The van der Waals surface area contributed by atoms with Gasteiger partial charge in [0.15, 0.2) is 0 Å². The molecule has 0 saturated carbocycles. The Bertz CT molecular complexity index is 354. The smallest absolute Gasteiger partial charge is 0.329 e. The van der Waals surface area contributed by atoms with E-state index >= 15 is 0 Å². The number of halogens is 1. The summed E-state index contributed by atoms with van der Waals surface area (Å²) in [6.07, 6.45) is 1.43. The molecule has 1 N–H and O–H groups in total. The van der Waals surface area contributed by atoms with Gasteiger partial charge >= 0.3 is 5.69 Å². The topological polar surface area (TPSA) is 68.1 Å². The second-order valence-electron chi connectivity index (χ2n) is 3.05. The molecule has 0 aromatic carbocycles. The van der Waals surface area contributed by atoms with Gasteiger partial charge in [0.1, 0.15) is 5.69 Å². The van der Waals surface area contributed by atoms with Gasteiger partial charge in [-0.15, -0.1) is 0 Å². The lowest BCUT2D eigenvalue weighted by atomic mass is 10.3. The van der Waals surface area contributed by atoms with Crippen molar-refractivity contribution in [2.75, 3.05) is 5.32 Å². The molecule has 1 heterocycles. The van der Waals surface area contributed by atoms with Crippen LogP contribution < -0.4 is 5.32 Å². The first-order chi connectivity index (χ1) is 6.52. The Morgan fingerprint density at radius 1 is 1.64 bits per heavy atom. The molecule has 0 aliphatic heterocycles. The van der Waals surface area contributed by atoms with Crippen LogP contribution in [0.25, 0.3) is 0 Å². The largest absolute Gasteiger partial charge is 0.377 e. The number of hydrogen-bond donors (Lipinski definition) is 1. The normalized spacial score (nSPS) is 10.3. The molecule has 14 heavy (non-hydrogen) atoms. The molecule has 0 bridgehead atoms. The number of anilines is 1. The lowest BCUT2D eigenvalue weighted by Crippen LogP contribution is -2.11. The van der Waals surface area contributed by atoms with Crippen LogP contribution in [0.1, 0.15) is 13.8 Å². The summed E-state index contributed by atoms with van der Waals surface area (Å²) < 4.78 is 0. The fourth-order valence-electron chi connectivity index (χ4n) is 1.03. The first kappa shape index (κ1) is 10.7. The zero-order chi connectivity index (χ0) is 10.7. The van der Waals surface area contributed by atoms with Crippen LogP contribution in [0.15, 0.2) is 12.3 Å². The number of nitrogens with one attached hydrogen (secondary N) is 1. The molecule has 0 radical (unpaired) electrons. The van der Waals surface area contributed by atoms with Crippen molar-refractivity contribution in [2.24, 2.45) is 0 Å². The van der Waals surface area contributed by atoms with Gasteiger partial charge in [0, 0.05) is 12.2 Å². The van der Waals surface area contributed by atoms with Gasteiger partial charge in [-0.25, -0.2) is 4.98 Å². The molecular weight excluding hydrogens is 206 g/mol. The summed E-state index contributed by atoms with van der Waals surface area (Å²) in [5, 5.41) is 13.5. The Morgan fingerprint density at radius 2 is 2.29 bits per heavy atom. The van der Waals surface area contributed by atoms with Crippen LogP contribution in [0, 0.1) is 10.1 Å². The van der Waals surface area contributed by atoms with Crippen LogP contribution in [0.3, 0.4) is 0 Å². The van der Waals surface area contributed by atoms with Crippen LogP contribution in [0.4, 0.5) is 11.4 Å². The summed E-state index contributed by atoms with van der Waals surface area (Å²) in [6.45, 7) is 3.77. The highest BCUT2D eigenvalue weighted by Crippen LogP contribution is 2.30. The van der Waals surface area contributed by atoms with E-state index < -0.39 is 4.92 Å². The minimum absolute atomic E-state index is 0.0966. The van der Waals surface area contributed by atoms with Crippen molar-refractivity contribution in [1.82, 2.24) is 4.98 Å². The molecular formula is C8H10ClN3O2. The number of aromatic nitrogens is 1. The van der Waals surface area contributed by atoms with Crippen LogP contribution in [-0.2, 0) is 0 Å². The maximum Gasteiger partial charge on any atom is 0.329 e. The SMILES string of the molecule is CC(C)Nc1ccnc(Cl)c1[N+](=O)[O-]. The summed E-state index contributed by atoms with van der Waals surface area (Å²) in [5.74, 6) is 0. The quantitative estimate of drug-likeness (QED) is 0.478. The van der Waals surface area contributed by atoms with Gasteiger partial charge in [-0.2, -0.15) is 0 Å². The van der Waals surface area contributed by atoms with Crippen molar-refractivity contribution in [2.45, 2.75) is 19.9 Å². The van der Waals surface area contributed by atoms with Gasteiger partial charge < -0.3 is 5.32 Å². The molecule has 5 nitrogen and oxygen atoms in total. The van der Waals surface area contributed by atoms with Crippen molar-refractivity contribution in [1.29, 1.82) is 0 Å². The van der Waals surface area contributed by atoms with E-state index in [0.29, 0.717) is 5.69 Å². The van der Waals surface area contributed by atoms with Gasteiger partial charge in [-0.3, -0.25) is 10.1 Å². The third-order valence-electron chi connectivity index (χ3n) is 1.51. The van der Waals surface area contributed by atoms with E-state index in [0.717, 1.165) is 0 Å². The second-order valence-corrected chi connectivity index (χ2v) is 3.41.